The second-order valence-corrected chi connectivity index (χ2v) is 6.26. The van der Waals surface area contributed by atoms with Gasteiger partial charge in [-0.2, -0.15) is 0 Å². The molecule has 2 aliphatic rings. The number of amides is 1. The largest absolute Gasteiger partial charge is 0.378 e. The van der Waals surface area contributed by atoms with Gasteiger partial charge in [-0.3, -0.25) is 4.79 Å². The van der Waals surface area contributed by atoms with Crippen molar-refractivity contribution in [1.29, 1.82) is 0 Å². The Labute approximate surface area is 137 Å². The highest BCUT2D eigenvalue weighted by Gasteiger charge is 2.26. The Kier molecular flexibility index (Phi) is 5.43. The van der Waals surface area contributed by atoms with E-state index < -0.39 is 0 Å². The lowest BCUT2D eigenvalue weighted by atomic mass is 9.94. The van der Waals surface area contributed by atoms with Crippen LogP contribution in [-0.2, 0) is 4.74 Å². The van der Waals surface area contributed by atoms with E-state index in [2.05, 4.69) is 15.1 Å². The molecule has 2 fully saturated rings. The minimum absolute atomic E-state index is 0.0143. The van der Waals surface area contributed by atoms with E-state index in [0.29, 0.717) is 24.9 Å². The molecule has 6 heteroatoms. The number of hydrogen-bond donors (Lipinski definition) is 0. The van der Waals surface area contributed by atoms with E-state index in [9.17, 15) is 4.79 Å². The van der Waals surface area contributed by atoms with Crippen LogP contribution in [0.15, 0.2) is 12.1 Å². The summed E-state index contributed by atoms with van der Waals surface area (Å²) in [6.45, 7) is 5.86. The molecule has 6 nitrogen and oxygen atoms in total. The third-order valence-corrected chi connectivity index (χ3v) is 4.82. The molecule has 1 amide bonds. The maximum absolute atomic E-state index is 12.8. The first kappa shape index (κ1) is 16.2. The second kappa shape index (κ2) is 7.73. The van der Waals surface area contributed by atoms with E-state index in [1.165, 1.54) is 19.3 Å². The van der Waals surface area contributed by atoms with Crippen molar-refractivity contribution >= 4 is 11.7 Å². The SMILES string of the molecule is CCN(C(=O)c1ccc(N2CCOCC2)nn1)C1CCCCC1. The zero-order chi connectivity index (χ0) is 16.1. The van der Waals surface area contributed by atoms with E-state index in [1.807, 2.05) is 24.0 Å². The Balaban J connectivity index is 1.68. The van der Waals surface area contributed by atoms with Gasteiger partial charge < -0.3 is 14.5 Å². The van der Waals surface area contributed by atoms with E-state index in [-0.39, 0.29) is 5.91 Å². The van der Waals surface area contributed by atoms with E-state index in [1.54, 1.807) is 0 Å². The molecule has 0 spiro atoms. The summed E-state index contributed by atoms with van der Waals surface area (Å²) < 4.78 is 5.35. The zero-order valence-corrected chi connectivity index (χ0v) is 13.9. The van der Waals surface area contributed by atoms with Gasteiger partial charge in [0.25, 0.3) is 5.91 Å². The van der Waals surface area contributed by atoms with Crippen LogP contribution < -0.4 is 4.90 Å². The predicted molar refractivity (Wildman–Crippen MR) is 88.6 cm³/mol. The summed E-state index contributed by atoms with van der Waals surface area (Å²) in [5, 5.41) is 8.45. The van der Waals surface area contributed by atoms with Crippen LogP contribution >= 0.6 is 0 Å². The van der Waals surface area contributed by atoms with Gasteiger partial charge in [-0.25, -0.2) is 0 Å². The monoisotopic (exact) mass is 318 g/mol. The zero-order valence-electron chi connectivity index (χ0n) is 13.9. The van der Waals surface area contributed by atoms with Crippen molar-refractivity contribution in [2.75, 3.05) is 37.7 Å². The number of carbonyl (C=O) groups excluding carboxylic acids is 1. The van der Waals surface area contributed by atoms with Gasteiger partial charge in [0, 0.05) is 25.7 Å². The quantitative estimate of drug-likeness (QED) is 0.851. The number of morpholine rings is 1. The summed E-state index contributed by atoms with van der Waals surface area (Å²) in [5.74, 6) is 0.839. The first-order chi connectivity index (χ1) is 11.3. The fourth-order valence-electron chi connectivity index (χ4n) is 3.51. The molecular formula is C17H26N4O2. The summed E-state index contributed by atoms with van der Waals surface area (Å²) >= 11 is 0. The normalized spacial score (nSPS) is 19.6. The molecule has 0 aromatic carbocycles. The van der Waals surface area contributed by atoms with E-state index in [0.717, 1.165) is 38.3 Å². The highest BCUT2D eigenvalue weighted by Crippen LogP contribution is 2.23. The predicted octanol–water partition coefficient (Wildman–Crippen LogP) is 2.11. The van der Waals surface area contributed by atoms with E-state index >= 15 is 0 Å². The molecule has 3 rings (SSSR count). The van der Waals surface area contributed by atoms with E-state index in [4.69, 9.17) is 4.74 Å². The molecule has 0 unspecified atom stereocenters. The number of aromatic nitrogens is 2. The van der Waals surface area contributed by atoms with Gasteiger partial charge in [-0.1, -0.05) is 19.3 Å². The van der Waals surface area contributed by atoms with Gasteiger partial charge in [-0.05, 0) is 31.9 Å². The molecule has 1 aromatic heterocycles. The molecule has 2 heterocycles. The van der Waals surface area contributed by atoms with Gasteiger partial charge >= 0.3 is 0 Å². The van der Waals surface area contributed by atoms with Crippen LogP contribution in [0.4, 0.5) is 5.82 Å². The Morgan fingerprint density at radius 1 is 1.22 bits per heavy atom. The molecule has 0 bridgehead atoms. The number of anilines is 1. The van der Waals surface area contributed by atoms with Crippen LogP contribution in [0.5, 0.6) is 0 Å². The molecule has 0 atom stereocenters. The maximum Gasteiger partial charge on any atom is 0.274 e. The Hall–Kier alpha value is -1.69. The Morgan fingerprint density at radius 2 is 1.96 bits per heavy atom. The molecule has 0 N–H and O–H groups in total. The standard InChI is InChI=1S/C17H26N4O2/c1-2-21(14-6-4-3-5-7-14)17(22)15-8-9-16(19-18-15)20-10-12-23-13-11-20/h8-9,14H,2-7,10-13H2,1H3. The van der Waals surface area contributed by atoms with Crippen LogP contribution in [0.25, 0.3) is 0 Å². The first-order valence-corrected chi connectivity index (χ1v) is 8.77. The molecule has 1 aliphatic carbocycles. The summed E-state index contributed by atoms with van der Waals surface area (Å²) in [5.41, 5.74) is 0.453. The van der Waals surface area contributed by atoms with Crippen LogP contribution in [-0.4, -0.2) is 59.9 Å². The van der Waals surface area contributed by atoms with Gasteiger partial charge in [0.15, 0.2) is 11.5 Å². The van der Waals surface area contributed by atoms with Crippen molar-refractivity contribution in [3.8, 4) is 0 Å². The van der Waals surface area contributed by atoms with Gasteiger partial charge in [0.2, 0.25) is 0 Å². The lowest BCUT2D eigenvalue weighted by Crippen LogP contribution is -2.42. The van der Waals surface area contributed by atoms with Crippen LogP contribution in [0, 0.1) is 0 Å². The summed E-state index contributed by atoms with van der Waals surface area (Å²) in [6, 6.07) is 4.08. The van der Waals surface area contributed by atoms with Crippen molar-refractivity contribution in [2.45, 2.75) is 45.1 Å². The summed E-state index contributed by atoms with van der Waals surface area (Å²) in [7, 11) is 0. The number of nitrogens with zero attached hydrogens (tertiary/aromatic N) is 4. The lowest BCUT2D eigenvalue weighted by molar-refractivity contribution is 0.0640. The van der Waals surface area contributed by atoms with Crippen molar-refractivity contribution in [3.63, 3.8) is 0 Å². The molecule has 1 saturated carbocycles. The van der Waals surface area contributed by atoms with Gasteiger partial charge in [-0.15, -0.1) is 10.2 Å². The van der Waals surface area contributed by atoms with Crippen LogP contribution in [0.3, 0.4) is 0 Å². The van der Waals surface area contributed by atoms with Crippen LogP contribution in [0.2, 0.25) is 0 Å². The average molecular weight is 318 g/mol. The van der Waals surface area contributed by atoms with Crippen molar-refractivity contribution in [3.05, 3.63) is 17.8 Å². The molecule has 1 aliphatic heterocycles. The third kappa shape index (κ3) is 3.80. The highest BCUT2D eigenvalue weighted by molar-refractivity contribution is 5.92. The first-order valence-electron chi connectivity index (χ1n) is 8.77. The molecule has 1 aromatic rings. The van der Waals surface area contributed by atoms with Gasteiger partial charge in [0.05, 0.1) is 13.2 Å². The van der Waals surface area contributed by atoms with Crippen molar-refractivity contribution in [1.82, 2.24) is 15.1 Å². The fourth-order valence-corrected chi connectivity index (χ4v) is 3.51. The number of hydrogen-bond acceptors (Lipinski definition) is 5. The Morgan fingerprint density at radius 3 is 2.57 bits per heavy atom. The number of ether oxygens (including phenoxy) is 1. The van der Waals surface area contributed by atoms with Gasteiger partial charge in [0.1, 0.15) is 0 Å². The molecule has 0 radical (unpaired) electrons. The molecule has 1 saturated heterocycles. The highest BCUT2D eigenvalue weighted by atomic mass is 16.5. The van der Waals surface area contributed by atoms with Crippen LogP contribution in [0.1, 0.15) is 49.5 Å². The number of carbonyl (C=O) groups is 1. The maximum atomic E-state index is 12.8. The molecule has 23 heavy (non-hydrogen) atoms. The topological polar surface area (TPSA) is 58.6 Å². The minimum Gasteiger partial charge on any atom is -0.378 e. The van der Waals surface area contributed by atoms with Crippen molar-refractivity contribution < 1.29 is 9.53 Å². The average Bonchev–Trinajstić information content (AvgIpc) is 2.64. The summed E-state index contributed by atoms with van der Waals surface area (Å²) in [6.07, 6.45) is 5.94. The lowest BCUT2D eigenvalue weighted by Gasteiger charge is -2.33. The third-order valence-electron chi connectivity index (χ3n) is 4.82. The minimum atomic E-state index is 0.0143. The Bertz CT molecular complexity index is 508. The summed E-state index contributed by atoms with van der Waals surface area (Å²) in [4.78, 5) is 16.9. The number of rotatable bonds is 4. The smallest absolute Gasteiger partial charge is 0.274 e. The second-order valence-electron chi connectivity index (χ2n) is 6.26. The molecular weight excluding hydrogens is 292 g/mol. The fraction of sp³-hybridized carbons (Fsp3) is 0.706. The van der Waals surface area contributed by atoms with Crippen molar-refractivity contribution in [2.24, 2.45) is 0 Å². The molecule has 126 valence electrons.